The molecular formula is C21H22N4O4S2. The van der Waals surface area contributed by atoms with Crippen LogP contribution in [0.15, 0.2) is 40.7 Å². The molecule has 0 unspecified atom stereocenters. The summed E-state index contributed by atoms with van der Waals surface area (Å²) in [6, 6.07) is 10.8. The number of benzene rings is 2. The summed E-state index contributed by atoms with van der Waals surface area (Å²) in [5, 5.41) is 13.9. The zero-order chi connectivity index (χ0) is 22.4. The standard InChI is InChI=1S/C21H22N4O4S2/c1-12-7-13(2)9-14(8-12)19(27)23-20-24-25-21(31-20)30-11-18(26)22-16-10-15(28-3)5-6-17(16)29-4/h5-10H,11H2,1-4H3,(H,22,26)(H,23,24,27). The second-order valence-corrected chi connectivity index (χ2v) is 8.81. The molecule has 0 spiro atoms. The summed E-state index contributed by atoms with van der Waals surface area (Å²) >= 11 is 2.44. The molecule has 0 fully saturated rings. The van der Waals surface area contributed by atoms with Crippen LogP contribution in [0.5, 0.6) is 11.5 Å². The highest BCUT2D eigenvalue weighted by atomic mass is 32.2. The Hall–Kier alpha value is -3.11. The Labute approximate surface area is 188 Å². The summed E-state index contributed by atoms with van der Waals surface area (Å²) in [6.45, 7) is 3.88. The molecule has 3 rings (SSSR count). The van der Waals surface area contributed by atoms with E-state index in [1.807, 2.05) is 32.0 Å². The van der Waals surface area contributed by atoms with Crippen LogP contribution in [0.25, 0.3) is 0 Å². The van der Waals surface area contributed by atoms with Crippen LogP contribution in [0.3, 0.4) is 0 Å². The van der Waals surface area contributed by atoms with Gasteiger partial charge in [0, 0.05) is 11.6 Å². The molecule has 0 saturated heterocycles. The molecule has 0 saturated carbocycles. The van der Waals surface area contributed by atoms with Gasteiger partial charge in [-0.05, 0) is 38.1 Å². The third-order valence-electron chi connectivity index (χ3n) is 4.12. The lowest BCUT2D eigenvalue weighted by atomic mass is 10.1. The Balaban J connectivity index is 1.56. The number of aromatic nitrogens is 2. The van der Waals surface area contributed by atoms with Gasteiger partial charge in [-0.1, -0.05) is 40.3 Å². The number of nitrogens with zero attached hydrogens (tertiary/aromatic N) is 2. The van der Waals surface area contributed by atoms with Gasteiger partial charge in [0.05, 0.1) is 25.7 Å². The number of thioether (sulfide) groups is 1. The van der Waals surface area contributed by atoms with E-state index in [9.17, 15) is 9.59 Å². The number of carbonyl (C=O) groups excluding carboxylic acids is 2. The predicted molar refractivity (Wildman–Crippen MR) is 123 cm³/mol. The molecule has 10 heteroatoms. The van der Waals surface area contributed by atoms with Crippen LogP contribution in [-0.4, -0.2) is 42.0 Å². The van der Waals surface area contributed by atoms with E-state index in [1.165, 1.54) is 30.2 Å². The molecule has 2 N–H and O–H groups in total. The van der Waals surface area contributed by atoms with Crippen molar-refractivity contribution in [3.8, 4) is 11.5 Å². The Morgan fingerprint density at radius 2 is 1.74 bits per heavy atom. The first-order valence-electron chi connectivity index (χ1n) is 9.25. The molecule has 3 aromatic rings. The number of ether oxygens (including phenoxy) is 2. The number of nitrogens with one attached hydrogen (secondary N) is 2. The number of anilines is 2. The highest BCUT2D eigenvalue weighted by Gasteiger charge is 2.14. The first kappa shape index (κ1) is 22.6. The van der Waals surface area contributed by atoms with Gasteiger partial charge in [-0.25, -0.2) is 0 Å². The molecule has 0 aliphatic carbocycles. The number of carbonyl (C=O) groups is 2. The molecule has 2 aromatic carbocycles. The Morgan fingerprint density at radius 3 is 2.42 bits per heavy atom. The molecule has 31 heavy (non-hydrogen) atoms. The summed E-state index contributed by atoms with van der Waals surface area (Å²) in [5.74, 6) is 0.790. The van der Waals surface area contributed by atoms with Crippen molar-refractivity contribution in [3.05, 3.63) is 53.1 Å². The molecule has 8 nitrogen and oxygen atoms in total. The van der Waals surface area contributed by atoms with E-state index in [2.05, 4.69) is 20.8 Å². The molecule has 0 radical (unpaired) electrons. The fourth-order valence-electron chi connectivity index (χ4n) is 2.82. The van der Waals surface area contributed by atoms with Crippen LogP contribution in [0.2, 0.25) is 0 Å². The monoisotopic (exact) mass is 458 g/mol. The minimum Gasteiger partial charge on any atom is -0.497 e. The molecule has 162 valence electrons. The third kappa shape index (κ3) is 6.19. The van der Waals surface area contributed by atoms with Crippen molar-refractivity contribution in [1.29, 1.82) is 0 Å². The van der Waals surface area contributed by atoms with Crippen molar-refractivity contribution < 1.29 is 19.1 Å². The number of hydrogen-bond donors (Lipinski definition) is 2. The number of methoxy groups -OCH3 is 2. The highest BCUT2D eigenvalue weighted by Crippen LogP contribution is 2.30. The quantitative estimate of drug-likeness (QED) is 0.386. The summed E-state index contributed by atoms with van der Waals surface area (Å²) < 4.78 is 11.0. The van der Waals surface area contributed by atoms with E-state index in [0.717, 1.165) is 11.1 Å². The van der Waals surface area contributed by atoms with Crippen LogP contribution in [0.4, 0.5) is 10.8 Å². The largest absolute Gasteiger partial charge is 0.497 e. The predicted octanol–water partition coefficient (Wildman–Crippen LogP) is 4.16. The van der Waals surface area contributed by atoms with Gasteiger partial charge in [-0.3, -0.25) is 14.9 Å². The summed E-state index contributed by atoms with van der Waals surface area (Å²) in [5.41, 5.74) is 3.11. The molecule has 1 aromatic heterocycles. The second-order valence-electron chi connectivity index (χ2n) is 6.61. The van der Waals surface area contributed by atoms with Crippen LogP contribution in [0, 0.1) is 13.8 Å². The topological polar surface area (TPSA) is 102 Å². The molecular weight excluding hydrogens is 436 g/mol. The van der Waals surface area contributed by atoms with Crippen molar-refractivity contribution in [1.82, 2.24) is 10.2 Å². The first-order valence-corrected chi connectivity index (χ1v) is 11.1. The Morgan fingerprint density at radius 1 is 1.00 bits per heavy atom. The smallest absolute Gasteiger partial charge is 0.257 e. The van der Waals surface area contributed by atoms with E-state index >= 15 is 0 Å². The van der Waals surface area contributed by atoms with Crippen molar-refractivity contribution in [2.24, 2.45) is 0 Å². The minimum absolute atomic E-state index is 0.125. The average Bonchev–Trinajstić information content (AvgIpc) is 3.18. The lowest BCUT2D eigenvalue weighted by molar-refractivity contribution is -0.113. The summed E-state index contributed by atoms with van der Waals surface area (Å²) in [6.07, 6.45) is 0. The lowest BCUT2D eigenvalue weighted by Gasteiger charge is -2.11. The van der Waals surface area contributed by atoms with Gasteiger partial charge in [0.2, 0.25) is 11.0 Å². The first-order chi connectivity index (χ1) is 14.9. The molecule has 0 atom stereocenters. The fraction of sp³-hybridized carbons (Fsp3) is 0.238. The van der Waals surface area contributed by atoms with Gasteiger partial charge >= 0.3 is 0 Å². The number of amides is 2. The van der Waals surface area contributed by atoms with Crippen molar-refractivity contribution in [3.63, 3.8) is 0 Å². The van der Waals surface area contributed by atoms with Crippen LogP contribution in [0.1, 0.15) is 21.5 Å². The maximum Gasteiger partial charge on any atom is 0.257 e. The maximum absolute atomic E-state index is 12.4. The molecule has 1 heterocycles. The van der Waals surface area contributed by atoms with Gasteiger partial charge in [0.25, 0.3) is 5.91 Å². The SMILES string of the molecule is COc1ccc(OC)c(NC(=O)CSc2nnc(NC(=O)c3cc(C)cc(C)c3)s2)c1. The average molecular weight is 459 g/mol. The maximum atomic E-state index is 12.4. The summed E-state index contributed by atoms with van der Waals surface area (Å²) in [4.78, 5) is 24.8. The zero-order valence-corrected chi connectivity index (χ0v) is 19.1. The number of aryl methyl sites for hydroxylation is 2. The molecule has 0 bridgehead atoms. The molecule has 0 aliphatic heterocycles. The van der Waals surface area contributed by atoms with Crippen molar-refractivity contribution >= 4 is 45.7 Å². The molecule has 2 amide bonds. The Bertz CT molecular complexity index is 1080. The van der Waals surface area contributed by atoms with Crippen LogP contribution < -0.4 is 20.1 Å². The number of hydrogen-bond acceptors (Lipinski definition) is 8. The third-order valence-corrected chi connectivity index (χ3v) is 6.09. The van der Waals surface area contributed by atoms with Crippen LogP contribution >= 0.6 is 23.1 Å². The Kier molecular flexibility index (Phi) is 7.48. The van der Waals surface area contributed by atoms with E-state index in [4.69, 9.17) is 9.47 Å². The second kappa shape index (κ2) is 10.3. The van der Waals surface area contributed by atoms with E-state index < -0.39 is 0 Å². The molecule has 0 aliphatic rings. The van der Waals surface area contributed by atoms with Gasteiger partial charge in [0.1, 0.15) is 11.5 Å². The van der Waals surface area contributed by atoms with E-state index in [0.29, 0.717) is 32.2 Å². The van der Waals surface area contributed by atoms with Crippen molar-refractivity contribution in [2.75, 3.05) is 30.6 Å². The van der Waals surface area contributed by atoms with Gasteiger partial charge in [-0.15, -0.1) is 10.2 Å². The van der Waals surface area contributed by atoms with Gasteiger partial charge < -0.3 is 14.8 Å². The van der Waals surface area contributed by atoms with Gasteiger partial charge in [-0.2, -0.15) is 0 Å². The highest BCUT2D eigenvalue weighted by molar-refractivity contribution is 8.01. The summed E-state index contributed by atoms with van der Waals surface area (Å²) in [7, 11) is 3.08. The number of rotatable bonds is 8. The minimum atomic E-state index is -0.248. The van der Waals surface area contributed by atoms with Crippen LogP contribution in [-0.2, 0) is 4.79 Å². The lowest BCUT2D eigenvalue weighted by Crippen LogP contribution is -2.14. The zero-order valence-electron chi connectivity index (χ0n) is 17.5. The van der Waals surface area contributed by atoms with Gasteiger partial charge in [0.15, 0.2) is 4.34 Å². The van der Waals surface area contributed by atoms with E-state index in [-0.39, 0.29) is 17.6 Å². The van der Waals surface area contributed by atoms with Crippen molar-refractivity contribution in [2.45, 2.75) is 18.2 Å². The fourth-order valence-corrected chi connectivity index (χ4v) is 4.37. The normalized spacial score (nSPS) is 10.5. The van der Waals surface area contributed by atoms with E-state index in [1.54, 1.807) is 25.3 Å².